The summed E-state index contributed by atoms with van der Waals surface area (Å²) in [5.41, 5.74) is 6.89. The van der Waals surface area contributed by atoms with Gasteiger partial charge in [0.25, 0.3) is 5.91 Å². The normalized spacial score (nSPS) is 11.1. The van der Waals surface area contributed by atoms with Crippen molar-refractivity contribution in [3.8, 4) is 22.6 Å². The molecule has 0 atom stereocenters. The summed E-state index contributed by atoms with van der Waals surface area (Å²) in [6.45, 7) is 1.90. The number of hydrogen-bond donors (Lipinski definition) is 2. The molecule has 4 aromatic carbocycles. The monoisotopic (exact) mass is 571 g/mol. The van der Waals surface area contributed by atoms with Crippen LogP contribution >= 0.6 is 23.2 Å². The lowest BCUT2D eigenvalue weighted by molar-refractivity contribution is 0.0729. The van der Waals surface area contributed by atoms with Crippen molar-refractivity contribution < 1.29 is 19.1 Å². The summed E-state index contributed by atoms with van der Waals surface area (Å²) < 4.78 is 10.9. The second-order valence-corrected chi connectivity index (χ2v) is 9.76. The van der Waals surface area contributed by atoms with Gasteiger partial charge in [-0.05, 0) is 67.1 Å². The maximum Gasteiger partial charge on any atom is 0.343 e. The molecular weight excluding hydrogens is 549 g/mol. The number of nitrogens with zero attached hydrogens (tertiary/aromatic N) is 1. The second-order valence-electron chi connectivity index (χ2n) is 8.91. The summed E-state index contributed by atoms with van der Waals surface area (Å²) in [7, 11) is 1.47. The largest absolute Gasteiger partial charge is 0.493 e. The van der Waals surface area contributed by atoms with E-state index in [1.54, 1.807) is 60.7 Å². The van der Waals surface area contributed by atoms with E-state index in [0.717, 1.165) is 16.5 Å². The third-order valence-corrected chi connectivity index (χ3v) is 6.72. The lowest BCUT2D eigenvalue weighted by Gasteiger charge is -2.10. The van der Waals surface area contributed by atoms with Gasteiger partial charge in [0.05, 0.1) is 18.9 Å². The molecule has 5 aromatic rings. The molecule has 0 saturated carbocycles. The molecule has 1 aromatic heterocycles. The molecule has 0 aliphatic carbocycles. The Balaban J connectivity index is 1.37. The van der Waals surface area contributed by atoms with E-state index >= 15 is 0 Å². The summed E-state index contributed by atoms with van der Waals surface area (Å²) >= 11 is 12.7. The average Bonchev–Trinajstić information content (AvgIpc) is 3.32. The topological polar surface area (TPSA) is 92.8 Å². The number of aryl methyl sites for hydroxylation is 1. The van der Waals surface area contributed by atoms with Crippen molar-refractivity contribution in [3.05, 3.63) is 117 Å². The Bertz CT molecular complexity index is 1780. The van der Waals surface area contributed by atoms with E-state index < -0.39 is 11.9 Å². The molecule has 0 fully saturated rings. The Morgan fingerprint density at radius 3 is 2.52 bits per heavy atom. The minimum Gasteiger partial charge on any atom is -0.493 e. The van der Waals surface area contributed by atoms with Gasteiger partial charge in [-0.3, -0.25) is 4.79 Å². The van der Waals surface area contributed by atoms with Crippen LogP contribution in [-0.4, -0.2) is 30.2 Å². The Hall–Kier alpha value is -4.59. The van der Waals surface area contributed by atoms with Crippen LogP contribution in [0.25, 0.3) is 22.0 Å². The molecule has 0 bridgehead atoms. The molecule has 2 N–H and O–H groups in total. The zero-order valence-electron chi connectivity index (χ0n) is 21.5. The minimum atomic E-state index is -0.496. The number of carbonyl (C=O) groups is 2. The van der Waals surface area contributed by atoms with Gasteiger partial charge in [-0.2, -0.15) is 5.10 Å². The number of esters is 1. The van der Waals surface area contributed by atoms with E-state index in [1.807, 2.05) is 31.2 Å². The molecule has 0 aliphatic rings. The lowest BCUT2D eigenvalue weighted by Crippen LogP contribution is -2.19. The number of aromatic nitrogens is 1. The highest BCUT2D eigenvalue weighted by Crippen LogP contribution is 2.37. The molecule has 200 valence electrons. The predicted molar refractivity (Wildman–Crippen MR) is 158 cm³/mol. The van der Waals surface area contributed by atoms with Gasteiger partial charge in [-0.25, -0.2) is 10.2 Å². The van der Waals surface area contributed by atoms with Gasteiger partial charge >= 0.3 is 5.97 Å². The highest BCUT2D eigenvalue weighted by atomic mass is 35.5. The first kappa shape index (κ1) is 27.0. The van der Waals surface area contributed by atoms with Gasteiger partial charge in [0.15, 0.2) is 11.5 Å². The van der Waals surface area contributed by atoms with Crippen LogP contribution in [0.2, 0.25) is 10.0 Å². The van der Waals surface area contributed by atoms with Crippen molar-refractivity contribution in [3.63, 3.8) is 0 Å². The second kappa shape index (κ2) is 11.7. The van der Waals surface area contributed by atoms with Crippen LogP contribution < -0.4 is 14.9 Å². The number of H-pyrrole nitrogens is 1. The molecule has 40 heavy (non-hydrogen) atoms. The number of carbonyl (C=O) groups excluding carboxylic acids is 2. The molecule has 0 aliphatic heterocycles. The SMILES string of the molecule is COc1cc(C=NNC(=O)c2[nH]c3ccc(Cl)cc3c2-c2ccccc2Cl)ccc1OC(=O)c1cccc(C)c1. The fourth-order valence-corrected chi connectivity index (χ4v) is 4.68. The number of halogens is 2. The first-order valence-corrected chi connectivity index (χ1v) is 13.0. The Morgan fingerprint density at radius 2 is 1.75 bits per heavy atom. The molecule has 1 amide bonds. The Morgan fingerprint density at radius 1 is 0.925 bits per heavy atom. The molecule has 9 heteroatoms. The quantitative estimate of drug-likeness (QED) is 0.0918. The number of aromatic amines is 1. The highest BCUT2D eigenvalue weighted by Gasteiger charge is 2.21. The summed E-state index contributed by atoms with van der Waals surface area (Å²) in [5, 5.41) is 5.91. The van der Waals surface area contributed by atoms with Crippen LogP contribution in [0.3, 0.4) is 0 Å². The molecule has 1 heterocycles. The van der Waals surface area contributed by atoms with Gasteiger partial charge < -0.3 is 14.5 Å². The summed E-state index contributed by atoms with van der Waals surface area (Å²) in [6, 6.07) is 24.7. The van der Waals surface area contributed by atoms with E-state index in [2.05, 4.69) is 15.5 Å². The zero-order chi connectivity index (χ0) is 28.2. The van der Waals surface area contributed by atoms with Crippen molar-refractivity contribution >= 4 is 52.2 Å². The van der Waals surface area contributed by atoms with Gasteiger partial charge in [-0.1, -0.05) is 59.1 Å². The number of hydrogen-bond acceptors (Lipinski definition) is 5. The summed E-state index contributed by atoms with van der Waals surface area (Å²) in [5.74, 6) is -0.361. The minimum absolute atomic E-state index is 0.260. The van der Waals surface area contributed by atoms with Crippen molar-refractivity contribution in [2.24, 2.45) is 5.10 Å². The number of amides is 1. The summed E-state index contributed by atoms with van der Waals surface area (Å²) in [4.78, 5) is 29.0. The number of fused-ring (bicyclic) bond motifs is 1. The van der Waals surface area contributed by atoms with E-state index in [4.69, 9.17) is 32.7 Å². The van der Waals surface area contributed by atoms with Gasteiger partial charge in [0, 0.05) is 32.1 Å². The number of methoxy groups -OCH3 is 1. The molecule has 0 unspecified atom stereocenters. The molecule has 0 radical (unpaired) electrons. The zero-order valence-corrected chi connectivity index (χ0v) is 23.0. The molecule has 0 spiro atoms. The van der Waals surface area contributed by atoms with E-state index in [9.17, 15) is 9.59 Å². The number of ether oxygens (including phenoxy) is 2. The smallest absolute Gasteiger partial charge is 0.343 e. The van der Waals surface area contributed by atoms with Crippen LogP contribution in [0.5, 0.6) is 11.5 Å². The van der Waals surface area contributed by atoms with Crippen molar-refractivity contribution in [1.82, 2.24) is 10.4 Å². The fourth-order valence-electron chi connectivity index (χ4n) is 4.28. The fraction of sp³-hybridized carbons (Fsp3) is 0.0645. The molecule has 0 saturated heterocycles. The lowest BCUT2D eigenvalue weighted by atomic mass is 10.0. The maximum absolute atomic E-state index is 13.2. The van der Waals surface area contributed by atoms with Crippen LogP contribution in [0.15, 0.2) is 90.0 Å². The Kier molecular flexibility index (Phi) is 7.86. The standard InChI is InChI=1S/C31H23Cl2N3O4/c1-18-6-5-7-20(14-18)31(38)40-26-13-10-19(15-27(26)39-2)17-34-36-30(37)29-28(22-8-3-4-9-24(22)33)23-16-21(32)11-12-25(23)35-29/h3-17,35H,1-2H3,(H,36,37). The van der Waals surface area contributed by atoms with Crippen LogP contribution in [0.1, 0.15) is 32.0 Å². The predicted octanol–water partition coefficient (Wildman–Crippen LogP) is 7.44. The average molecular weight is 572 g/mol. The van der Waals surface area contributed by atoms with Crippen molar-refractivity contribution in [2.45, 2.75) is 6.92 Å². The molecule has 7 nitrogen and oxygen atoms in total. The third-order valence-electron chi connectivity index (χ3n) is 6.15. The van der Waals surface area contributed by atoms with Crippen LogP contribution in [-0.2, 0) is 0 Å². The van der Waals surface area contributed by atoms with E-state index in [-0.39, 0.29) is 5.75 Å². The van der Waals surface area contributed by atoms with E-state index in [1.165, 1.54) is 13.3 Å². The van der Waals surface area contributed by atoms with Gasteiger partial charge in [0.1, 0.15) is 5.69 Å². The number of rotatable bonds is 7. The highest BCUT2D eigenvalue weighted by molar-refractivity contribution is 6.34. The first-order chi connectivity index (χ1) is 19.3. The summed E-state index contributed by atoms with van der Waals surface area (Å²) in [6.07, 6.45) is 1.46. The number of nitrogens with one attached hydrogen (secondary N) is 2. The molecule has 5 rings (SSSR count). The van der Waals surface area contributed by atoms with Crippen LogP contribution in [0, 0.1) is 6.92 Å². The number of benzene rings is 4. The van der Waals surface area contributed by atoms with Crippen molar-refractivity contribution in [2.75, 3.05) is 7.11 Å². The van der Waals surface area contributed by atoms with Crippen LogP contribution in [0.4, 0.5) is 0 Å². The van der Waals surface area contributed by atoms with Gasteiger partial charge in [-0.15, -0.1) is 0 Å². The molecular formula is C31H23Cl2N3O4. The Labute approximate surface area is 240 Å². The van der Waals surface area contributed by atoms with Gasteiger partial charge in [0.2, 0.25) is 0 Å². The first-order valence-electron chi connectivity index (χ1n) is 12.2. The maximum atomic E-state index is 13.2. The number of hydrazone groups is 1. The third kappa shape index (κ3) is 5.71. The van der Waals surface area contributed by atoms with Crippen molar-refractivity contribution in [1.29, 1.82) is 0 Å². The van der Waals surface area contributed by atoms with E-state index in [0.29, 0.717) is 43.7 Å².